The molecule has 0 radical (unpaired) electrons. The van der Waals surface area contributed by atoms with Gasteiger partial charge in [-0.05, 0) is 29.8 Å². The van der Waals surface area contributed by atoms with E-state index in [1.54, 1.807) is 24.3 Å². The standard InChI is InChI=1S/C21H20BrO8P/c22-12-5-6-15-14(11-12)13-3-1-2-4-16(13)31(27,30-15)19-17(20(25)28-9-7-23)18(19)21(26)29-10-8-24/h1-6,11,17-19,23-24H,7-10H2. The molecule has 4 rings (SSSR count). The van der Waals surface area contributed by atoms with Gasteiger partial charge < -0.3 is 24.2 Å². The zero-order valence-corrected chi connectivity index (χ0v) is 18.8. The van der Waals surface area contributed by atoms with Crippen molar-refractivity contribution in [2.75, 3.05) is 26.4 Å². The molecule has 1 fully saturated rings. The molecule has 31 heavy (non-hydrogen) atoms. The van der Waals surface area contributed by atoms with Crippen molar-refractivity contribution in [2.45, 2.75) is 5.66 Å². The van der Waals surface area contributed by atoms with Crippen LogP contribution >= 0.6 is 23.3 Å². The summed E-state index contributed by atoms with van der Waals surface area (Å²) in [7, 11) is -3.74. The number of carbonyl (C=O) groups excluding carboxylic acids is 2. The molecule has 0 spiro atoms. The molecule has 3 unspecified atom stereocenters. The Morgan fingerprint density at radius 1 is 0.968 bits per heavy atom. The number of halogens is 1. The molecular weight excluding hydrogens is 491 g/mol. The van der Waals surface area contributed by atoms with Gasteiger partial charge in [0.1, 0.15) is 19.0 Å². The predicted molar refractivity (Wildman–Crippen MR) is 114 cm³/mol. The van der Waals surface area contributed by atoms with Gasteiger partial charge in [0.05, 0.1) is 36.0 Å². The molecule has 0 amide bonds. The lowest BCUT2D eigenvalue weighted by atomic mass is 10.0. The lowest BCUT2D eigenvalue weighted by molar-refractivity contribution is -0.152. The second-order valence-electron chi connectivity index (χ2n) is 7.17. The van der Waals surface area contributed by atoms with Crippen molar-refractivity contribution in [1.82, 2.24) is 0 Å². The highest BCUT2D eigenvalue weighted by Gasteiger charge is 2.71. The third-order valence-corrected chi connectivity index (χ3v) is 8.75. The maximum atomic E-state index is 14.3. The fourth-order valence-electron chi connectivity index (χ4n) is 3.96. The normalized spacial score (nSPS) is 25.6. The number of aliphatic hydroxyl groups is 2. The van der Waals surface area contributed by atoms with Crippen LogP contribution in [0.25, 0.3) is 11.1 Å². The minimum atomic E-state index is -3.74. The summed E-state index contributed by atoms with van der Waals surface area (Å²) in [5.41, 5.74) is 0.476. The Labute approximate surface area is 186 Å². The Morgan fingerprint density at radius 3 is 2.19 bits per heavy atom. The number of hydrogen-bond acceptors (Lipinski definition) is 8. The highest BCUT2D eigenvalue weighted by Crippen LogP contribution is 2.69. The van der Waals surface area contributed by atoms with E-state index in [0.29, 0.717) is 16.6 Å². The summed E-state index contributed by atoms with van der Waals surface area (Å²) in [6.45, 7) is -1.22. The predicted octanol–water partition coefficient (Wildman–Crippen LogP) is 2.10. The molecule has 2 aromatic carbocycles. The summed E-state index contributed by atoms with van der Waals surface area (Å²) >= 11 is 3.43. The van der Waals surface area contributed by atoms with Crippen molar-refractivity contribution < 1.29 is 38.4 Å². The lowest BCUT2D eigenvalue weighted by Crippen LogP contribution is -2.23. The summed E-state index contributed by atoms with van der Waals surface area (Å²) < 4.78 is 31.2. The lowest BCUT2D eigenvalue weighted by Gasteiger charge is -2.29. The molecule has 10 heteroatoms. The van der Waals surface area contributed by atoms with Gasteiger partial charge in [-0.2, -0.15) is 0 Å². The van der Waals surface area contributed by atoms with E-state index in [1.807, 2.05) is 18.2 Å². The Kier molecular flexibility index (Phi) is 6.21. The molecule has 3 atom stereocenters. The van der Waals surface area contributed by atoms with E-state index < -0.39 is 36.8 Å². The number of hydrogen-bond donors (Lipinski definition) is 2. The van der Waals surface area contributed by atoms with Gasteiger partial charge in [-0.15, -0.1) is 0 Å². The van der Waals surface area contributed by atoms with Crippen LogP contribution in [-0.2, 0) is 23.6 Å². The van der Waals surface area contributed by atoms with Gasteiger partial charge in [0.25, 0.3) is 7.37 Å². The number of esters is 2. The van der Waals surface area contributed by atoms with Crippen molar-refractivity contribution >= 4 is 40.5 Å². The summed E-state index contributed by atoms with van der Waals surface area (Å²) in [6, 6.07) is 12.3. The van der Waals surface area contributed by atoms with Crippen molar-refractivity contribution in [2.24, 2.45) is 11.8 Å². The van der Waals surface area contributed by atoms with E-state index in [4.69, 9.17) is 24.2 Å². The van der Waals surface area contributed by atoms with Crippen LogP contribution in [0, 0.1) is 11.8 Å². The van der Waals surface area contributed by atoms with Gasteiger partial charge in [0.15, 0.2) is 0 Å². The molecule has 1 saturated carbocycles. The summed E-state index contributed by atoms with van der Waals surface area (Å²) in [6.07, 6.45) is 0. The Balaban J connectivity index is 1.75. The maximum absolute atomic E-state index is 14.3. The van der Waals surface area contributed by atoms with Crippen molar-refractivity contribution in [3.8, 4) is 16.9 Å². The monoisotopic (exact) mass is 510 g/mol. The second-order valence-corrected chi connectivity index (χ2v) is 10.5. The first-order chi connectivity index (χ1) is 14.9. The number of fused-ring (bicyclic) bond motifs is 3. The smallest absolute Gasteiger partial charge is 0.310 e. The van der Waals surface area contributed by atoms with Gasteiger partial charge in [0.2, 0.25) is 0 Å². The van der Waals surface area contributed by atoms with E-state index in [0.717, 1.165) is 10.0 Å². The first-order valence-electron chi connectivity index (χ1n) is 9.66. The molecule has 1 aliphatic heterocycles. The second kappa shape index (κ2) is 8.74. The maximum Gasteiger partial charge on any atom is 0.310 e. The van der Waals surface area contributed by atoms with Gasteiger partial charge >= 0.3 is 11.9 Å². The van der Waals surface area contributed by atoms with E-state index in [1.165, 1.54) is 0 Å². The summed E-state index contributed by atoms with van der Waals surface area (Å²) in [5, 5.41) is 18.3. The number of carbonyl (C=O) groups is 2. The zero-order chi connectivity index (χ0) is 22.2. The van der Waals surface area contributed by atoms with Gasteiger partial charge in [-0.1, -0.05) is 34.1 Å². The van der Waals surface area contributed by atoms with Gasteiger partial charge in [-0.25, -0.2) is 0 Å². The quantitative estimate of drug-likeness (QED) is 0.429. The fourth-order valence-corrected chi connectivity index (χ4v) is 7.50. The molecule has 0 saturated heterocycles. The molecule has 0 aromatic heterocycles. The topological polar surface area (TPSA) is 119 Å². The Morgan fingerprint density at radius 2 is 1.58 bits per heavy atom. The van der Waals surface area contributed by atoms with Crippen molar-refractivity contribution in [1.29, 1.82) is 0 Å². The molecule has 0 bridgehead atoms. The van der Waals surface area contributed by atoms with Gasteiger partial charge in [0, 0.05) is 10.0 Å². The van der Waals surface area contributed by atoms with Crippen LogP contribution in [0.15, 0.2) is 46.9 Å². The molecule has 2 aliphatic rings. The molecule has 2 aromatic rings. The number of rotatable bonds is 7. The Hall–Kier alpha value is -2.19. The summed E-state index contributed by atoms with van der Waals surface area (Å²) in [4.78, 5) is 25.2. The number of aliphatic hydroxyl groups excluding tert-OH is 2. The summed E-state index contributed by atoms with van der Waals surface area (Å²) in [5.74, 6) is -3.17. The zero-order valence-electron chi connectivity index (χ0n) is 16.3. The molecule has 8 nitrogen and oxygen atoms in total. The average Bonchev–Trinajstić information content (AvgIpc) is 3.53. The molecule has 2 N–H and O–H groups in total. The minimum absolute atomic E-state index is 0.237. The average molecular weight is 511 g/mol. The highest BCUT2D eigenvalue weighted by atomic mass is 79.9. The largest absolute Gasteiger partial charge is 0.463 e. The molecule has 1 heterocycles. The van der Waals surface area contributed by atoms with E-state index >= 15 is 0 Å². The van der Waals surface area contributed by atoms with E-state index in [-0.39, 0.29) is 26.4 Å². The third kappa shape index (κ3) is 3.91. The molecular formula is C21H20BrO8P. The third-order valence-electron chi connectivity index (χ3n) is 5.30. The van der Waals surface area contributed by atoms with Crippen molar-refractivity contribution in [3.63, 3.8) is 0 Å². The van der Waals surface area contributed by atoms with Gasteiger partial charge in [-0.3, -0.25) is 14.2 Å². The van der Waals surface area contributed by atoms with E-state index in [2.05, 4.69) is 15.9 Å². The molecule has 1 aliphatic carbocycles. The van der Waals surface area contributed by atoms with Crippen LogP contribution in [0.2, 0.25) is 0 Å². The van der Waals surface area contributed by atoms with Crippen molar-refractivity contribution in [3.05, 3.63) is 46.9 Å². The van der Waals surface area contributed by atoms with Crippen LogP contribution in [0.4, 0.5) is 0 Å². The minimum Gasteiger partial charge on any atom is -0.463 e. The van der Waals surface area contributed by atoms with Crippen LogP contribution in [0.5, 0.6) is 5.75 Å². The van der Waals surface area contributed by atoms with Crippen LogP contribution in [0.3, 0.4) is 0 Å². The number of benzene rings is 2. The SMILES string of the molecule is O=C(OCCO)C1C(C(=O)OCCO)C1P1(=O)Oc2ccc(Br)cc2-c2ccccc21. The first-order valence-corrected chi connectivity index (χ1v) is 12.1. The van der Waals surface area contributed by atoms with Crippen LogP contribution in [-0.4, -0.2) is 54.2 Å². The fraction of sp³-hybridized carbons (Fsp3) is 0.333. The molecule has 164 valence electrons. The first kappa shape index (κ1) is 22.0. The Bertz CT molecular complexity index is 1050. The van der Waals surface area contributed by atoms with E-state index in [9.17, 15) is 14.2 Å². The van der Waals surface area contributed by atoms with Crippen LogP contribution < -0.4 is 9.83 Å². The highest BCUT2D eigenvalue weighted by molar-refractivity contribution is 9.10. The van der Waals surface area contributed by atoms with Crippen LogP contribution in [0.1, 0.15) is 0 Å². The number of ether oxygens (including phenoxy) is 2.